The molecule has 4 heteroatoms. The number of benzene rings is 1. The minimum Gasteiger partial charge on any atom is -0.269 e. The molecule has 1 aliphatic rings. The van der Waals surface area contributed by atoms with Crippen LogP contribution in [0.25, 0.3) is 0 Å². The van der Waals surface area contributed by atoms with Gasteiger partial charge in [-0.15, -0.1) is 11.6 Å². The van der Waals surface area contributed by atoms with E-state index in [1.807, 2.05) is 12.1 Å². The van der Waals surface area contributed by atoms with Crippen molar-refractivity contribution in [1.82, 2.24) is 9.78 Å². The van der Waals surface area contributed by atoms with E-state index in [0.717, 1.165) is 17.1 Å². The molecule has 2 nitrogen and oxygen atoms in total. The van der Waals surface area contributed by atoms with Crippen LogP contribution in [0.4, 0.5) is 0 Å². The third kappa shape index (κ3) is 3.61. The number of hydrogen-bond acceptors (Lipinski definition) is 1. The van der Waals surface area contributed by atoms with Gasteiger partial charge in [-0.3, -0.25) is 4.68 Å². The predicted molar refractivity (Wildman–Crippen MR) is 88.3 cm³/mol. The van der Waals surface area contributed by atoms with E-state index in [-0.39, 0.29) is 5.92 Å². The van der Waals surface area contributed by atoms with Gasteiger partial charge in [0.1, 0.15) is 0 Å². The fourth-order valence-corrected chi connectivity index (χ4v) is 3.52. The first kappa shape index (κ1) is 14.9. The van der Waals surface area contributed by atoms with E-state index >= 15 is 0 Å². The lowest BCUT2D eigenvalue weighted by Crippen LogP contribution is -2.08. The summed E-state index contributed by atoms with van der Waals surface area (Å²) in [5.41, 5.74) is 2.35. The predicted octanol–water partition coefficient (Wildman–Crippen LogP) is 5.22. The molecule has 1 aromatic heterocycles. The second-order valence-electron chi connectivity index (χ2n) is 5.83. The Labute approximate surface area is 136 Å². The van der Waals surface area contributed by atoms with Gasteiger partial charge in [-0.1, -0.05) is 36.6 Å². The van der Waals surface area contributed by atoms with Gasteiger partial charge in [-0.25, -0.2) is 0 Å². The molecular weight excluding hydrogens is 303 g/mol. The highest BCUT2D eigenvalue weighted by atomic mass is 35.5. The summed E-state index contributed by atoms with van der Waals surface area (Å²) < 4.78 is 2.15. The molecule has 2 aromatic rings. The quantitative estimate of drug-likeness (QED) is 0.690. The number of halogens is 2. The Bertz CT molecular complexity index is 571. The first-order valence-electron chi connectivity index (χ1n) is 7.61. The van der Waals surface area contributed by atoms with E-state index in [9.17, 15) is 0 Å². The molecule has 1 atom stereocenters. The topological polar surface area (TPSA) is 17.8 Å². The molecule has 0 amide bonds. The Balaban J connectivity index is 1.70. The van der Waals surface area contributed by atoms with Gasteiger partial charge in [0.15, 0.2) is 0 Å². The SMILES string of the molecule is ClCC(Cc1ccn(C2CCCC2)n1)c1ccc(Cl)cc1. The fourth-order valence-electron chi connectivity index (χ4n) is 3.11. The van der Waals surface area contributed by atoms with Crippen molar-refractivity contribution in [2.24, 2.45) is 0 Å². The van der Waals surface area contributed by atoms with Gasteiger partial charge < -0.3 is 0 Å². The minimum atomic E-state index is 0.288. The maximum absolute atomic E-state index is 6.16. The molecule has 0 N–H and O–H groups in total. The molecule has 112 valence electrons. The normalized spacial score (nSPS) is 17.2. The first-order chi connectivity index (χ1) is 10.3. The molecule has 0 aliphatic heterocycles. The maximum Gasteiger partial charge on any atom is 0.0631 e. The van der Waals surface area contributed by atoms with Crippen molar-refractivity contribution in [3.63, 3.8) is 0 Å². The summed E-state index contributed by atoms with van der Waals surface area (Å²) in [4.78, 5) is 0. The van der Waals surface area contributed by atoms with Gasteiger partial charge >= 0.3 is 0 Å². The first-order valence-corrected chi connectivity index (χ1v) is 8.53. The van der Waals surface area contributed by atoms with Gasteiger partial charge in [0, 0.05) is 23.0 Å². The summed E-state index contributed by atoms with van der Waals surface area (Å²) in [6.07, 6.45) is 8.18. The smallest absolute Gasteiger partial charge is 0.0631 e. The molecular formula is C17H20Cl2N2. The zero-order valence-corrected chi connectivity index (χ0v) is 13.5. The van der Waals surface area contributed by atoms with Crippen molar-refractivity contribution in [2.45, 2.75) is 44.1 Å². The Kier molecular flexibility index (Phi) is 4.87. The summed E-state index contributed by atoms with van der Waals surface area (Å²) >= 11 is 12.1. The van der Waals surface area contributed by atoms with Crippen LogP contribution in [-0.2, 0) is 6.42 Å². The molecule has 0 saturated heterocycles. The molecule has 1 aliphatic carbocycles. The second kappa shape index (κ2) is 6.85. The molecule has 3 rings (SSSR count). The van der Waals surface area contributed by atoms with Gasteiger partial charge in [0.25, 0.3) is 0 Å². The van der Waals surface area contributed by atoms with Crippen LogP contribution in [0.1, 0.15) is 48.9 Å². The van der Waals surface area contributed by atoms with Gasteiger partial charge in [-0.05, 0) is 43.0 Å². The highest BCUT2D eigenvalue weighted by Crippen LogP contribution is 2.29. The summed E-state index contributed by atoms with van der Waals surface area (Å²) in [5.74, 6) is 0.883. The van der Waals surface area contributed by atoms with Gasteiger partial charge in [0.05, 0.1) is 11.7 Å². The average molecular weight is 323 g/mol. The fraction of sp³-hybridized carbons (Fsp3) is 0.471. The summed E-state index contributed by atoms with van der Waals surface area (Å²) in [6, 6.07) is 10.7. The van der Waals surface area contributed by atoms with Crippen molar-refractivity contribution >= 4 is 23.2 Å². The number of aromatic nitrogens is 2. The monoisotopic (exact) mass is 322 g/mol. The maximum atomic E-state index is 6.16. The van der Waals surface area contributed by atoms with Crippen molar-refractivity contribution in [3.8, 4) is 0 Å². The lowest BCUT2D eigenvalue weighted by atomic mass is 9.96. The van der Waals surface area contributed by atoms with Crippen LogP contribution in [0.5, 0.6) is 0 Å². The zero-order chi connectivity index (χ0) is 14.7. The Morgan fingerprint density at radius 2 is 1.86 bits per heavy atom. The number of rotatable bonds is 5. The lowest BCUT2D eigenvalue weighted by Gasteiger charge is -2.13. The van der Waals surface area contributed by atoms with Gasteiger partial charge in [0.2, 0.25) is 0 Å². The van der Waals surface area contributed by atoms with Crippen LogP contribution in [-0.4, -0.2) is 15.7 Å². The van der Waals surface area contributed by atoms with Crippen molar-refractivity contribution < 1.29 is 0 Å². The standard InChI is InChI=1S/C17H20Cl2N2/c18-12-14(13-5-7-15(19)8-6-13)11-16-9-10-21(20-16)17-3-1-2-4-17/h5-10,14,17H,1-4,11-12H2. The van der Waals surface area contributed by atoms with E-state index in [1.54, 1.807) is 0 Å². The Hall–Kier alpha value is -0.990. The Morgan fingerprint density at radius 1 is 1.14 bits per heavy atom. The van der Waals surface area contributed by atoms with Crippen molar-refractivity contribution in [2.75, 3.05) is 5.88 Å². The number of nitrogens with zero attached hydrogens (tertiary/aromatic N) is 2. The van der Waals surface area contributed by atoms with Crippen LogP contribution >= 0.6 is 23.2 Å². The van der Waals surface area contributed by atoms with Crippen LogP contribution in [0, 0.1) is 0 Å². The van der Waals surface area contributed by atoms with E-state index in [1.165, 1.54) is 31.2 Å². The number of hydrogen-bond donors (Lipinski definition) is 0. The van der Waals surface area contributed by atoms with E-state index in [2.05, 4.69) is 29.1 Å². The highest BCUT2D eigenvalue weighted by molar-refractivity contribution is 6.30. The summed E-state index contributed by atoms with van der Waals surface area (Å²) in [5, 5.41) is 5.52. The largest absolute Gasteiger partial charge is 0.269 e. The Morgan fingerprint density at radius 3 is 2.52 bits per heavy atom. The van der Waals surface area contributed by atoms with E-state index in [4.69, 9.17) is 28.3 Å². The molecule has 0 radical (unpaired) electrons. The molecule has 21 heavy (non-hydrogen) atoms. The molecule has 1 heterocycles. The molecule has 1 aromatic carbocycles. The molecule has 1 saturated carbocycles. The third-order valence-electron chi connectivity index (χ3n) is 4.35. The molecule has 1 fully saturated rings. The third-order valence-corrected chi connectivity index (χ3v) is 4.97. The number of alkyl halides is 1. The van der Waals surface area contributed by atoms with Crippen LogP contribution in [0.2, 0.25) is 5.02 Å². The molecule has 0 spiro atoms. The highest BCUT2D eigenvalue weighted by Gasteiger charge is 2.19. The minimum absolute atomic E-state index is 0.288. The van der Waals surface area contributed by atoms with Crippen molar-refractivity contribution in [1.29, 1.82) is 0 Å². The van der Waals surface area contributed by atoms with E-state index in [0.29, 0.717) is 11.9 Å². The molecule has 0 bridgehead atoms. The average Bonchev–Trinajstić information content (AvgIpc) is 3.17. The lowest BCUT2D eigenvalue weighted by molar-refractivity contribution is 0.461. The summed E-state index contributed by atoms with van der Waals surface area (Å²) in [7, 11) is 0. The van der Waals surface area contributed by atoms with Crippen molar-refractivity contribution in [3.05, 3.63) is 52.8 Å². The van der Waals surface area contributed by atoms with Crippen LogP contribution in [0.3, 0.4) is 0 Å². The summed E-state index contributed by atoms with van der Waals surface area (Å²) in [6.45, 7) is 0. The van der Waals surface area contributed by atoms with Crippen LogP contribution < -0.4 is 0 Å². The zero-order valence-electron chi connectivity index (χ0n) is 12.0. The van der Waals surface area contributed by atoms with Crippen LogP contribution in [0.15, 0.2) is 36.5 Å². The second-order valence-corrected chi connectivity index (χ2v) is 6.58. The molecule has 1 unspecified atom stereocenters. The van der Waals surface area contributed by atoms with E-state index < -0.39 is 0 Å². The van der Waals surface area contributed by atoms with Gasteiger partial charge in [-0.2, -0.15) is 5.10 Å².